The van der Waals surface area contributed by atoms with Gasteiger partial charge in [-0.15, -0.1) is 0 Å². The van der Waals surface area contributed by atoms with Gasteiger partial charge in [0, 0.05) is 12.5 Å². The summed E-state index contributed by atoms with van der Waals surface area (Å²) >= 11 is 0. The second-order valence-electron chi connectivity index (χ2n) is 5.73. The molecule has 0 saturated carbocycles. The molecule has 6 nitrogen and oxygen atoms in total. The van der Waals surface area contributed by atoms with Crippen molar-refractivity contribution in [3.8, 4) is 5.75 Å². The van der Waals surface area contributed by atoms with Crippen molar-refractivity contribution >= 4 is 23.3 Å². The van der Waals surface area contributed by atoms with E-state index in [1.165, 1.54) is 25.1 Å². The molecule has 0 aliphatic rings. The number of rotatable bonds is 5. The predicted octanol–water partition coefficient (Wildman–Crippen LogP) is 3.01. The fraction of sp³-hybridized carbons (Fsp3) is 0.211. The van der Waals surface area contributed by atoms with Gasteiger partial charge in [0.15, 0.2) is 12.4 Å². The minimum atomic E-state index is -0.574. The van der Waals surface area contributed by atoms with Crippen LogP contribution in [0.1, 0.15) is 38.8 Å². The molecule has 2 aromatic carbocycles. The van der Waals surface area contributed by atoms with Crippen LogP contribution < -0.4 is 5.32 Å². The van der Waals surface area contributed by atoms with Crippen LogP contribution in [0.25, 0.3) is 0 Å². The molecule has 1 amide bonds. The summed E-state index contributed by atoms with van der Waals surface area (Å²) in [6, 6.07) is 9.44. The maximum absolute atomic E-state index is 12.2. The lowest BCUT2D eigenvalue weighted by molar-refractivity contribution is -0.114. The van der Waals surface area contributed by atoms with Gasteiger partial charge in [0.1, 0.15) is 5.75 Å². The monoisotopic (exact) mass is 341 g/mol. The summed E-state index contributed by atoms with van der Waals surface area (Å²) in [5.74, 6) is -1.54. The number of anilines is 1. The van der Waals surface area contributed by atoms with Crippen molar-refractivity contribution in [2.24, 2.45) is 0 Å². The van der Waals surface area contributed by atoms with Gasteiger partial charge in [-0.1, -0.05) is 17.7 Å². The lowest BCUT2D eigenvalue weighted by Crippen LogP contribution is -2.15. The molecule has 0 unspecified atom stereocenters. The van der Waals surface area contributed by atoms with E-state index in [0.29, 0.717) is 5.56 Å². The predicted molar refractivity (Wildman–Crippen MR) is 92.9 cm³/mol. The highest BCUT2D eigenvalue weighted by atomic mass is 16.5. The third-order valence-electron chi connectivity index (χ3n) is 3.58. The van der Waals surface area contributed by atoms with Gasteiger partial charge in [0.05, 0.1) is 11.3 Å². The van der Waals surface area contributed by atoms with E-state index in [9.17, 15) is 19.5 Å². The first-order chi connectivity index (χ1) is 11.8. The number of ether oxygens (including phenoxy) is 1. The fourth-order valence-corrected chi connectivity index (χ4v) is 2.25. The number of aryl methyl sites for hydroxylation is 2. The van der Waals surface area contributed by atoms with Gasteiger partial charge in [0.25, 0.3) is 0 Å². The Kier molecular flexibility index (Phi) is 5.54. The summed E-state index contributed by atoms with van der Waals surface area (Å²) in [5.41, 5.74) is 2.44. The lowest BCUT2D eigenvalue weighted by Gasteiger charge is -2.09. The molecule has 130 valence electrons. The quantitative estimate of drug-likeness (QED) is 0.495. The van der Waals surface area contributed by atoms with Crippen molar-refractivity contribution in [3.63, 3.8) is 0 Å². The Balaban J connectivity index is 2.08. The molecule has 2 rings (SSSR count). The molecule has 0 atom stereocenters. The van der Waals surface area contributed by atoms with Gasteiger partial charge in [-0.3, -0.25) is 9.59 Å². The molecule has 25 heavy (non-hydrogen) atoms. The molecule has 0 spiro atoms. The molecular weight excluding hydrogens is 322 g/mol. The fourth-order valence-electron chi connectivity index (χ4n) is 2.25. The van der Waals surface area contributed by atoms with Crippen molar-refractivity contribution in [2.75, 3.05) is 11.9 Å². The van der Waals surface area contributed by atoms with E-state index in [4.69, 9.17) is 4.74 Å². The van der Waals surface area contributed by atoms with E-state index in [-0.39, 0.29) is 22.9 Å². The van der Waals surface area contributed by atoms with E-state index in [0.717, 1.165) is 11.1 Å². The molecular formula is C19H19NO5. The van der Waals surface area contributed by atoms with Gasteiger partial charge in [0.2, 0.25) is 5.91 Å². The number of aromatic hydroxyl groups is 1. The molecule has 0 radical (unpaired) electrons. The zero-order chi connectivity index (χ0) is 18.6. The molecule has 2 N–H and O–H groups in total. The van der Waals surface area contributed by atoms with Crippen LogP contribution in [0.2, 0.25) is 0 Å². The number of phenols is 1. The number of amides is 1. The van der Waals surface area contributed by atoms with Crippen molar-refractivity contribution in [3.05, 3.63) is 58.7 Å². The maximum atomic E-state index is 12.2. The summed E-state index contributed by atoms with van der Waals surface area (Å²) in [7, 11) is 0. The molecule has 0 aliphatic heterocycles. The Labute approximate surface area is 145 Å². The first-order valence-electron chi connectivity index (χ1n) is 7.66. The number of carbonyl (C=O) groups excluding carboxylic acids is 3. The summed E-state index contributed by atoms with van der Waals surface area (Å²) in [6.07, 6.45) is 0. The van der Waals surface area contributed by atoms with E-state index >= 15 is 0 Å². The molecule has 0 bridgehead atoms. The molecule has 6 heteroatoms. The van der Waals surface area contributed by atoms with E-state index in [1.807, 2.05) is 19.1 Å². The van der Waals surface area contributed by atoms with Gasteiger partial charge < -0.3 is 15.2 Å². The number of hydrogen-bond acceptors (Lipinski definition) is 5. The Morgan fingerprint density at radius 3 is 2.48 bits per heavy atom. The molecule has 2 aromatic rings. The average Bonchev–Trinajstić information content (AvgIpc) is 2.56. The largest absolute Gasteiger partial charge is 0.506 e. The van der Waals surface area contributed by atoms with Crippen LogP contribution in [0, 0.1) is 13.8 Å². The standard InChI is InChI=1S/C19H19NO5/c1-11-4-5-12(2)15(8-11)19(24)25-10-18(23)14-6-7-17(22)16(9-14)20-13(3)21/h4-9,22H,10H2,1-3H3,(H,20,21). The summed E-state index contributed by atoms with van der Waals surface area (Å²) < 4.78 is 5.09. The second-order valence-corrected chi connectivity index (χ2v) is 5.73. The summed E-state index contributed by atoms with van der Waals surface area (Å²) in [5, 5.41) is 12.1. The van der Waals surface area contributed by atoms with Crippen LogP contribution in [0.15, 0.2) is 36.4 Å². The Hall–Kier alpha value is -3.15. The average molecular weight is 341 g/mol. The summed E-state index contributed by atoms with van der Waals surface area (Å²) in [4.78, 5) is 35.5. The first-order valence-corrected chi connectivity index (χ1v) is 7.66. The van der Waals surface area contributed by atoms with E-state index in [2.05, 4.69) is 5.32 Å². The molecule has 0 saturated heterocycles. The molecule has 0 aromatic heterocycles. The SMILES string of the molecule is CC(=O)Nc1cc(C(=O)COC(=O)c2cc(C)ccc2C)ccc1O. The third kappa shape index (κ3) is 4.67. The molecule has 0 aliphatic carbocycles. The van der Waals surface area contributed by atoms with Gasteiger partial charge >= 0.3 is 5.97 Å². The van der Waals surface area contributed by atoms with Crippen molar-refractivity contribution < 1.29 is 24.2 Å². The third-order valence-corrected chi connectivity index (χ3v) is 3.58. The van der Waals surface area contributed by atoms with Crippen molar-refractivity contribution in [1.82, 2.24) is 0 Å². The van der Waals surface area contributed by atoms with Crippen molar-refractivity contribution in [2.45, 2.75) is 20.8 Å². The second kappa shape index (κ2) is 7.61. The zero-order valence-electron chi connectivity index (χ0n) is 14.3. The minimum absolute atomic E-state index is 0.124. The van der Waals surface area contributed by atoms with Crippen molar-refractivity contribution in [1.29, 1.82) is 0 Å². The van der Waals surface area contributed by atoms with Crippen LogP contribution in [0.3, 0.4) is 0 Å². The van der Waals surface area contributed by atoms with Crippen LogP contribution in [0.4, 0.5) is 5.69 Å². The maximum Gasteiger partial charge on any atom is 0.338 e. The van der Waals surface area contributed by atoms with Gasteiger partial charge in [-0.2, -0.15) is 0 Å². The van der Waals surface area contributed by atoms with Crippen LogP contribution >= 0.6 is 0 Å². The number of Topliss-reactive ketones (excluding diaryl/α,β-unsaturated/α-hetero) is 1. The highest BCUT2D eigenvalue weighted by Gasteiger charge is 2.15. The van der Waals surface area contributed by atoms with Crippen LogP contribution in [-0.4, -0.2) is 29.4 Å². The number of esters is 1. The topological polar surface area (TPSA) is 92.7 Å². The molecule has 0 fully saturated rings. The number of phenolic OH excluding ortho intramolecular Hbond substituents is 1. The Morgan fingerprint density at radius 2 is 1.80 bits per heavy atom. The van der Waals surface area contributed by atoms with E-state index in [1.54, 1.807) is 13.0 Å². The Morgan fingerprint density at radius 1 is 1.08 bits per heavy atom. The van der Waals surface area contributed by atoms with Crippen LogP contribution in [0.5, 0.6) is 5.75 Å². The highest BCUT2D eigenvalue weighted by molar-refractivity contribution is 6.01. The van der Waals surface area contributed by atoms with Gasteiger partial charge in [-0.25, -0.2) is 4.79 Å². The number of nitrogens with one attached hydrogen (secondary N) is 1. The zero-order valence-corrected chi connectivity index (χ0v) is 14.3. The number of ketones is 1. The minimum Gasteiger partial charge on any atom is -0.506 e. The first kappa shape index (κ1) is 18.2. The normalized spacial score (nSPS) is 10.2. The van der Waals surface area contributed by atoms with Crippen LogP contribution in [-0.2, 0) is 9.53 Å². The smallest absolute Gasteiger partial charge is 0.338 e. The lowest BCUT2D eigenvalue weighted by atomic mass is 10.1. The number of hydrogen-bond donors (Lipinski definition) is 2. The number of carbonyl (C=O) groups is 3. The van der Waals surface area contributed by atoms with E-state index < -0.39 is 18.4 Å². The number of benzene rings is 2. The molecule has 0 heterocycles. The highest BCUT2D eigenvalue weighted by Crippen LogP contribution is 2.24. The van der Waals surface area contributed by atoms with Gasteiger partial charge in [-0.05, 0) is 43.7 Å². The Bertz CT molecular complexity index is 842. The summed E-state index contributed by atoms with van der Waals surface area (Å²) in [6.45, 7) is 4.51.